The fraction of sp³-hybridized carbons (Fsp3) is 0.500. The maximum absolute atomic E-state index is 12.6. The third-order valence-corrected chi connectivity index (χ3v) is 4.97. The molecule has 0 spiro atoms. The van der Waals surface area contributed by atoms with Gasteiger partial charge in [0.25, 0.3) is 5.91 Å². The lowest BCUT2D eigenvalue weighted by Crippen LogP contribution is -2.52. The van der Waals surface area contributed by atoms with Gasteiger partial charge in [0, 0.05) is 31.2 Å². The summed E-state index contributed by atoms with van der Waals surface area (Å²) in [7, 11) is -3.84. The van der Waals surface area contributed by atoms with Crippen LogP contribution in [0.25, 0.3) is 0 Å². The number of aryl methyl sites for hydroxylation is 1. The molecule has 1 heterocycles. The molecule has 22 heavy (non-hydrogen) atoms. The normalized spacial score (nSPS) is 18.7. The average molecular weight is 348 g/mol. The Hall–Kier alpha value is -1.15. The van der Waals surface area contributed by atoms with Gasteiger partial charge in [-0.2, -0.15) is 0 Å². The molecule has 0 aliphatic carbocycles. The van der Waals surface area contributed by atoms with Gasteiger partial charge >= 0.3 is 0 Å². The van der Waals surface area contributed by atoms with Crippen LogP contribution >= 0.6 is 12.4 Å². The van der Waals surface area contributed by atoms with E-state index in [9.17, 15) is 13.2 Å². The maximum atomic E-state index is 12.6. The topological polar surface area (TPSA) is 92.5 Å². The molecule has 1 aromatic carbocycles. The predicted molar refractivity (Wildman–Crippen MR) is 87.9 cm³/mol. The summed E-state index contributed by atoms with van der Waals surface area (Å²) in [6.45, 7) is 7.52. The first-order chi connectivity index (χ1) is 9.71. The summed E-state index contributed by atoms with van der Waals surface area (Å²) in [5.74, 6) is -0.156. The van der Waals surface area contributed by atoms with E-state index in [1.165, 1.54) is 6.07 Å². The van der Waals surface area contributed by atoms with Crippen LogP contribution in [0.2, 0.25) is 0 Å². The Morgan fingerprint density at radius 1 is 1.36 bits per heavy atom. The van der Waals surface area contributed by atoms with E-state index in [4.69, 9.17) is 5.14 Å². The zero-order valence-electron chi connectivity index (χ0n) is 12.9. The summed E-state index contributed by atoms with van der Waals surface area (Å²) in [4.78, 5) is 14.4. The number of amides is 1. The van der Waals surface area contributed by atoms with E-state index in [2.05, 4.69) is 5.32 Å². The second-order valence-corrected chi connectivity index (χ2v) is 7.04. The number of carbonyl (C=O) groups is 1. The first kappa shape index (κ1) is 18.9. The third-order valence-electron chi connectivity index (χ3n) is 3.94. The van der Waals surface area contributed by atoms with Crippen LogP contribution in [-0.2, 0) is 10.0 Å². The molecule has 6 nitrogen and oxygen atoms in total. The Balaban J connectivity index is 0.00000242. The van der Waals surface area contributed by atoms with Crippen molar-refractivity contribution in [2.75, 3.05) is 19.6 Å². The number of rotatable bonds is 2. The lowest BCUT2D eigenvalue weighted by molar-refractivity contribution is 0.0655. The number of sulfonamides is 1. The van der Waals surface area contributed by atoms with Crippen LogP contribution in [0.3, 0.4) is 0 Å². The molecule has 1 amide bonds. The molecule has 0 aromatic heterocycles. The van der Waals surface area contributed by atoms with Gasteiger partial charge < -0.3 is 10.2 Å². The van der Waals surface area contributed by atoms with Gasteiger partial charge in [-0.1, -0.05) is 0 Å². The van der Waals surface area contributed by atoms with E-state index in [0.717, 1.165) is 18.7 Å². The fourth-order valence-corrected chi connectivity index (χ4v) is 3.43. The number of halogens is 1. The second-order valence-electron chi connectivity index (χ2n) is 5.51. The highest BCUT2D eigenvalue weighted by atomic mass is 35.5. The number of benzene rings is 1. The molecule has 1 aliphatic heterocycles. The van der Waals surface area contributed by atoms with Gasteiger partial charge in [0.2, 0.25) is 10.0 Å². The molecular formula is C14H22ClN3O3S. The van der Waals surface area contributed by atoms with Crippen molar-refractivity contribution in [1.29, 1.82) is 0 Å². The van der Waals surface area contributed by atoms with Gasteiger partial charge in [-0.25, -0.2) is 13.6 Å². The van der Waals surface area contributed by atoms with Crippen LogP contribution < -0.4 is 10.5 Å². The standard InChI is InChI=1S/C14H21N3O3S.ClH/c1-9-6-12(7-13(11(9)3)21(15,19)20)14(18)17-5-4-16-8-10(17)2;/h6-7,10,16H,4-5,8H2,1-3H3,(H2,15,19,20);1H. The number of nitrogens with two attached hydrogens (primary N) is 1. The van der Waals surface area contributed by atoms with Crippen molar-refractivity contribution < 1.29 is 13.2 Å². The first-order valence-electron chi connectivity index (χ1n) is 6.87. The van der Waals surface area contributed by atoms with Crippen LogP contribution in [0.5, 0.6) is 0 Å². The van der Waals surface area contributed by atoms with E-state index >= 15 is 0 Å². The van der Waals surface area contributed by atoms with Crippen molar-refractivity contribution >= 4 is 28.3 Å². The Kier molecular flexibility index (Phi) is 5.97. The number of nitrogens with zero attached hydrogens (tertiary/aromatic N) is 1. The minimum atomic E-state index is -3.84. The number of primary sulfonamides is 1. The van der Waals surface area contributed by atoms with E-state index in [1.54, 1.807) is 24.8 Å². The Morgan fingerprint density at radius 3 is 2.55 bits per heavy atom. The minimum Gasteiger partial charge on any atom is -0.333 e. The molecule has 1 saturated heterocycles. The molecule has 124 valence electrons. The molecule has 3 N–H and O–H groups in total. The summed E-state index contributed by atoms with van der Waals surface area (Å²) < 4.78 is 23.3. The van der Waals surface area contributed by atoms with Crippen LogP contribution in [0, 0.1) is 13.8 Å². The molecule has 0 bridgehead atoms. The van der Waals surface area contributed by atoms with Crippen LogP contribution in [-0.4, -0.2) is 44.9 Å². The predicted octanol–water partition coefficient (Wildman–Crippen LogP) is 0.807. The second kappa shape index (κ2) is 6.95. The maximum Gasteiger partial charge on any atom is 0.254 e. The van der Waals surface area contributed by atoms with Gasteiger partial charge in [-0.3, -0.25) is 4.79 Å². The molecule has 2 rings (SSSR count). The first-order valence-corrected chi connectivity index (χ1v) is 8.42. The van der Waals surface area contributed by atoms with Crippen molar-refractivity contribution in [2.45, 2.75) is 31.7 Å². The summed E-state index contributed by atoms with van der Waals surface area (Å²) in [6, 6.07) is 3.18. The molecule has 8 heteroatoms. The molecule has 1 aliphatic rings. The minimum absolute atomic E-state index is 0. The van der Waals surface area contributed by atoms with Crippen LogP contribution in [0.1, 0.15) is 28.4 Å². The summed E-state index contributed by atoms with van der Waals surface area (Å²) in [5.41, 5.74) is 1.70. The monoisotopic (exact) mass is 347 g/mol. The van der Waals surface area contributed by atoms with Crippen molar-refractivity contribution in [3.05, 3.63) is 28.8 Å². The van der Waals surface area contributed by atoms with Crippen LogP contribution in [0.15, 0.2) is 17.0 Å². The van der Waals surface area contributed by atoms with Crippen molar-refractivity contribution in [3.63, 3.8) is 0 Å². The lowest BCUT2D eigenvalue weighted by Gasteiger charge is -2.34. The van der Waals surface area contributed by atoms with Crippen LogP contribution in [0.4, 0.5) is 0 Å². The van der Waals surface area contributed by atoms with Crippen molar-refractivity contribution in [3.8, 4) is 0 Å². The Morgan fingerprint density at radius 2 is 2.00 bits per heavy atom. The van der Waals surface area contributed by atoms with Gasteiger partial charge in [0.15, 0.2) is 0 Å². The number of hydrogen-bond donors (Lipinski definition) is 2. The smallest absolute Gasteiger partial charge is 0.254 e. The highest BCUT2D eigenvalue weighted by Gasteiger charge is 2.26. The van der Waals surface area contributed by atoms with Crippen molar-refractivity contribution in [2.24, 2.45) is 5.14 Å². The van der Waals surface area contributed by atoms with Gasteiger partial charge in [-0.05, 0) is 44.0 Å². The van der Waals surface area contributed by atoms with Crippen molar-refractivity contribution in [1.82, 2.24) is 10.2 Å². The molecular weight excluding hydrogens is 326 g/mol. The molecule has 1 atom stereocenters. The number of piperazine rings is 1. The zero-order chi connectivity index (χ0) is 15.8. The van der Waals surface area contributed by atoms with E-state index < -0.39 is 10.0 Å². The average Bonchev–Trinajstić information content (AvgIpc) is 2.40. The summed E-state index contributed by atoms with van der Waals surface area (Å²) >= 11 is 0. The fourth-order valence-electron chi connectivity index (χ4n) is 2.55. The van der Waals surface area contributed by atoms with E-state index in [-0.39, 0.29) is 29.3 Å². The zero-order valence-corrected chi connectivity index (χ0v) is 14.6. The van der Waals surface area contributed by atoms with Gasteiger partial charge in [-0.15, -0.1) is 12.4 Å². The molecule has 1 aromatic rings. The number of nitrogens with one attached hydrogen (secondary N) is 1. The SMILES string of the molecule is Cc1cc(C(=O)N2CCNCC2C)cc(S(N)(=O)=O)c1C.Cl. The van der Waals surface area contributed by atoms with Gasteiger partial charge in [0.05, 0.1) is 4.90 Å². The molecule has 1 unspecified atom stereocenters. The summed E-state index contributed by atoms with van der Waals surface area (Å²) in [5, 5.41) is 8.46. The number of hydrogen-bond acceptors (Lipinski definition) is 4. The Bertz CT molecular complexity index is 676. The summed E-state index contributed by atoms with van der Waals surface area (Å²) in [6.07, 6.45) is 0. The Labute approximate surface area is 137 Å². The quantitative estimate of drug-likeness (QED) is 0.827. The van der Waals surface area contributed by atoms with Gasteiger partial charge in [0.1, 0.15) is 0 Å². The van der Waals surface area contributed by atoms with E-state index in [0.29, 0.717) is 17.7 Å². The molecule has 0 saturated carbocycles. The lowest BCUT2D eigenvalue weighted by atomic mass is 10.0. The third kappa shape index (κ3) is 3.78. The largest absolute Gasteiger partial charge is 0.333 e. The van der Waals surface area contributed by atoms with E-state index in [1.807, 2.05) is 6.92 Å². The number of carbonyl (C=O) groups excluding carboxylic acids is 1. The highest BCUT2D eigenvalue weighted by molar-refractivity contribution is 7.89. The highest BCUT2D eigenvalue weighted by Crippen LogP contribution is 2.22. The molecule has 0 radical (unpaired) electrons. The molecule has 1 fully saturated rings.